The third-order valence-corrected chi connectivity index (χ3v) is 4.96. The van der Waals surface area contributed by atoms with Gasteiger partial charge in [0.1, 0.15) is 9.88 Å². The molecule has 1 aromatic heterocycles. The minimum atomic E-state index is -0.886. The standard InChI is InChI=1S/C16H18N2O2S/c1-9(2)13-14(16(19)20)21-15(17-13)11-4-5-12-10(8-11)6-7-18(12)3/h4-5,8-9H,6-7H2,1-3H3,(H,19,20). The lowest BCUT2D eigenvalue weighted by atomic mass is 10.1. The van der Waals surface area contributed by atoms with E-state index in [4.69, 9.17) is 0 Å². The van der Waals surface area contributed by atoms with Gasteiger partial charge in [-0.05, 0) is 36.1 Å². The summed E-state index contributed by atoms with van der Waals surface area (Å²) in [6, 6.07) is 6.29. The van der Waals surface area contributed by atoms with Gasteiger partial charge < -0.3 is 10.0 Å². The minimum Gasteiger partial charge on any atom is -0.477 e. The molecule has 0 amide bonds. The molecular weight excluding hydrogens is 284 g/mol. The first kappa shape index (κ1) is 14.1. The summed E-state index contributed by atoms with van der Waals surface area (Å²) < 4.78 is 0. The van der Waals surface area contributed by atoms with Gasteiger partial charge in [-0.2, -0.15) is 0 Å². The molecule has 0 fully saturated rings. The second-order valence-corrected chi connectivity index (χ2v) is 6.71. The van der Waals surface area contributed by atoms with E-state index in [0.717, 1.165) is 23.5 Å². The van der Waals surface area contributed by atoms with E-state index >= 15 is 0 Å². The van der Waals surface area contributed by atoms with Crippen LogP contribution >= 0.6 is 11.3 Å². The first-order valence-electron chi connectivity index (χ1n) is 7.06. The molecule has 110 valence electrons. The third-order valence-electron chi connectivity index (χ3n) is 3.85. The van der Waals surface area contributed by atoms with Crippen molar-refractivity contribution in [2.24, 2.45) is 0 Å². The first-order valence-corrected chi connectivity index (χ1v) is 7.87. The van der Waals surface area contributed by atoms with Gasteiger partial charge in [-0.15, -0.1) is 11.3 Å². The van der Waals surface area contributed by atoms with Crippen molar-refractivity contribution in [1.82, 2.24) is 4.98 Å². The lowest BCUT2D eigenvalue weighted by Gasteiger charge is -2.11. The summed E-state index contributed by atoms with van der Waals surface area (Å²) in [5, 5.41) is 10.1. The number of likely N-dealkylation sites (N-methyl/N-ethyl adjacent to an activating group) is 1. The van der Waals surface area contributed by atoms with Crippen LogP contribution in [0.3, 0.4) is 0 Å². The number of nitrogens with zero attached hydrogens (tertiary/aromatic N) is 2. The second kappa shape index (κ2) is 5.15. The van der Waals surface area contributed by atoms with E-state index in [2.05, 4.69) is 29.1 Å². The Labute approximate surface area is 128 Å². The van der Waals surface area contributed by atoms with Crippen molar-refractivity contribution in [2.45, 2.75) is 26.2 Å². The molecule has 0 saturated carbocycles. The quantitative estimate of drug-likeness (QED) is 0.940. The van der Waals surface area contributed by atoms with E-state index in [9.17, 15) is 9.90 Å². The maximum atomic E-state index is 11.4. The van der Waals surface area contributed by atoms with Crippen molar-refractivity contribution >= 4 is 23.0 Å². The Kier molecular flexibility index (Phi) is 3.45. The van der Waals surface area contributed by atoms with Gasteiger partial charge in [0.15, 0.2) is 0 Å². The zero-order chi connectivity index (χ0) is 15.1. The number of rotatable bonds is 3. The van der Waals surface area contributed by atoms with Gasteiger partial charge in [-0.1, -0.05) is 13.8 Å². The van der Waals surface area contributed by atoms with Crippen molar-refractivity contribution in [3.05, 3.63) is 34.3 Å². The molecule has 0 bridgehead atoms. The van der Waals surface area contributed by atoms with Crippen LogP contribution in [0.1, 0.15) is 40.7 Å². The average molecular weight is 302 g/mol. The molecule has 0 atom stereocenters. The molecule has 0 saturated heterocycles. The molecule has 0 radical (unpaired) electrons. The molecular formula is C16H18N2O2S. The van der Waals surface area contributed by atoms with Gasteiger partial charge in [-0.3, -0.25) is 0 Å². The number of thiazole rings is 1. The van der Waals surface area contributed by atoms with E-state index in [-0.39, 0.29) is 5.92 Å². The zero-order valence-electron chi connectivity index (χ0n) is 12.4. The highest BCUT2D eigenvalue weighted by Gasteiger charge is 2.22. The van der Waals surface area contributed by atoms with Crippen molar-refractivity contribution in [3.8, 4) is 10.6 Å². The average Bonchev–Trinajstić information content (AvgIpc) is 3.03. The van der Waals surface area contributed by atoms with Gasteiger partial charge in [-0.25, -0.2) is 9.78 Å². The fourth-order valence-corrected chi connectivity index (χ4v) is 3.76. The van der Waals surface area contributed by atoms with E-state index in [1.54, 1.807) is 0 Å². The Morgan fingerprint density at radius 2 is 2.19 bits per heavy atom. The number of anilines is 1. The Morgan fingerprint density at radius 1 is 1.43 bits per heavy atom. The van der Waals surface area contributed by atoms with Crippen molar-refractivity contribution < 1.29 is 9.90 Å². The predicted octanol–water partition coefficient (Wildman–Crippen LogP) is 3.62. The fraction of sp³-hybridized carbons (Fsp3) is 0.375. The van der Waals surface area contributed by atoms with Crippen LogP contribution < -0.4 is 4.90 Å². The summed E-state index contributed by atoms with van der Waals surface area (Å²) in [5.74, 6) is -0.773. The fourth-order valence-electron chi connectivity index (χ4n) is 2.70. The van der Waals surface area contributed by atoms with E-state index in [1.165, 1.54) is 22.6 Å². The monoisotopic (exact) mass is 302 g/mol. The zero-order valence-corrected chi connectivity index (χ0v) is 13.2. The largest absolute Gasteiger partial charge is 0.477 e. The summed E-state index contributed by atoms with van der Waals surface area (Å²) in [6.45, 7) is 4.99. The lowest BCUT2D eigenvalue weighted by Crippen LogP contribution is -2.12. The van der Waals surface area contributed by atoms with E-state index in [1.807, 2.05) is 19.9 Å². The Bertz CT molecular complexity index is 706. The van der Waals surface area contributed by atoms with Gasteiger partial charge in [0.2, 0.25) is 0 Å². The summed E-state index contributed by atoms with van der Waals surface area (Å²) in [6.07, 6.45) is 1.04. The summed E-state index contributed by atoms with van der Waals surface area (Å²) in [4.78, 5) is 18.5. The summed E-state index contributed by atoms with van der Waals surface area (Å²) in [5.41, 5.74) is 4.27. The van der Waals surface area contributed by atoms with Crippen molar-refractivity contribution in [2.75, 3.05) is 18.5 Å². The topological polar surface area (TPSA) is 53.4 Å². The highest BCUT2D eigenvalue weighted by atomic mass is 32.1. The van der Waals surface area contributed by atoms with Crippen LogP contribution in [-0.2, 0) is 6.42 Å². The molecule has 2 aromatic rings. The Balaban J connectivity index is 2.05. The Hall–Kier alpha value is -1.88. The van der Waals surface area contributed by atoms with Gasteiger partial charge in [0.25, 0.3) is 0 Å². The summed E-state index contributed by atoms with van der Waals surface area (Å²) >= 11 is 1.27. The molecule has 1 aliphatic heterocycles. The van der Waals surface area contributed by atoms with Crippen LogP contribution in [0.2, 0.25) is 0 Å². The number of carboxylic acid groups (broad SMARTS) is 1. The first-order chi connectivity index (χ1) is 9.97. The molecule has 1 N–H and O–H groups in total. The number of carboxylic acids is 1. The minimum absolute atomic E-state index is 0.113. The normalized spacial score (nSPS) is 13.8. The summed E-state index contributed by atoms with van der Waals surface area (Å²) in [7, 11) is 2.09. The number of benzene rings is 1. The van der Waals surface area contributed by atoms with Crippen LogP contribution in [0, 0.1) is 0 Å². The molecule has 2 heterocycles. The molecule has 0 aliphatic carbocycles. The van der Waals surface area contributed by atoms with Crippen LogP contribution in [0.25, 0.3) is 10.6 Å². The highest BCUT2D eigenvalue weighted by molar-refractivity contribution is 7.17. The maximum absolute atomic E-state index is 11.4. The molecule has 1 aromatic carbocycles. The number of aromatic nitrogens is 1. The molecule has 0 spiro atoms. The van der Waals surface area contributed by atoms with E-state index in [0.29, 0.717) is 10.6 Å². The predicted molar refractivity (Wildman–Crippen MR) is 85.6 cm³/mol. The maximum Gasteiger partial charge on any atom is 0.347 e. The van der Waals surface area contributed by atoms with Crippen molar-refractivity contribution in [1.29, 1.82) is 0 Å². The van der Waals surface area contributed by atoms with E-state index < -0.39 is 5.97 Å². The molecule has 5 heteroatoms. The third kappa shape index (κ3) is 2.42. The molecule has 4 nitrogen and oxygen atoms in total. The number of hydrogen-bond donors (Lipinski definition) is 1. The van der Waals surface area contributed by atoms with Crippen LogP contribution in [0.4, 0.5) is 5.69 Å². The smallest absolute Gasteiger partial charge is 0.347 e. The Morgan fingerprint density at radius 3 is 2.81 bits per heavy atom. The SMILES string of the molecule is CC(C)c1nc(-c2ccc3c(c2)CCN3C)sc1C(=O)O. The van der Waals surface area contributed by atoms with Crippen LogP contribution in [0.15, 0.2) is 18.2 Å². The lowest BCUT2D eigenvalue weighted by molar-refractivity contribution is 0.0700. The van der Waals surface area contributed by atoms with Crippen molar-refractivity contribution in [3.63, 3.8) is 0 Å². The highest BCUT2D eigenvalue weighted by Crippen LogP contribution is 2.35. The molecule has 0 unspecified atom stereocenters. The van der Waals surface area contributed by atoms with Gasteiger partial charge >= 0.3 is 5.97 Å². The molecule has 21 heavy (non-hydrogen) atoms. The van der Waals surface area contributed by atoms with Gasteiger partial charge in [0.05, 0.1) is 5.69 Å². The van der Waals surface area contributed by atoms with Gasteiger partial charge in [0, 0.05) is 24.8 Å². The molecule has 1 aliphatic rings. The number of hydrogen-bond acceptors (Lipinski definition) is 4. The van der Waals surface area contributed by atoms with Crippen LogP contribution in [0.5, 0.6) is 0 Å². The number of fused-ring (bicyclic) bond motifs is 1. The molecule has 3 rings (SSSR count). The second-order valence-electron chi connectivity index (χ2n) is 5.71. The number of carbonyl (C=O) groups is 1. The number of aromatic carboxylic acids is 1. The van der Waals surface area contributed by atoms with Crippen LogP contribution in [-0.4, -0.2) is 29.7 Å².